The van der Waals surface area contributed by atoms with Crippen molar-refractivity contribution in [3.8, 4) is 23.0 Å². The highest BCUT2D eigenvalue weighted by molar-refractivity contribution is 7.93. The fourth-order valence-corrected chi connectivity index (χ4v) is 8.11. The van der Waals surface area contributed by atoms with Crippen molar-refractivity contribution >= 4 is 55.4 Å². The van der Waals surface area contributed by atoms with Crippen LogP contribution in [0, 0.1) is 23.5 Å². The fraction of sp³-hybridized carbons (Fsp3) is 0.324. The van der Waals surface area contributed by atoms with Crippen LogP contribution < -0.4 is 21.6 Å². The Balaban J connectivity index is 1.73. The van der Waals surface area contributed by atoms with Gasteiger partial charge in [0, 0.05) is 36.6 Å². The SMILES string of the molecule is Cn1nc(N[S+](C)[O-])c2c(Cl)ccc(-c3ccc(C#CC(C)(C)S(=O)(=O)C4CC4)nc3[C@H](Cc3cc(F)cc(F)c3)NC(=O)CN(N)/C=C\N)c21. The van der Waals surface area contributed by atoms with E-state index >= 15 is 0 Å². The van der Waals surface area contributed by atoms with E-state index < -0.39 is 54.8 Å². The standard InChI is InChI=1S/C34H37ClF2N8O4S2/c1-34(2,51(48,49)24-6-7-24)12-11-23-5-8-25(26-9-10-27(35)30-32(26)44(3)42-33(30)43-50(4)47)31(40-23)28(41-29(46)19-45(39)14-13-38)17-20-15-21(36)18-22(37)16-20/h5,8-10,13-16,18,24,28H,6-7,17,19,38-39H2,1-4H3,(H,41,46)(H,42,43)/b14-13-/t28-,50?/m0/s1. The van der Waals surface area contributed by atoms with Crippen molar-refractivity contribution in [3.05, 3.63) is 88.5 Å². The summed E-state index contributed by atoms with van der Waals surface area (Å²) in [5.41, 5.74) is 7.60. The summed E-state index contributed by atoms with van der Waals surface area (Å²) in [5, 5.41) is 8.78. The lowest BCUT2D eigenvalue weighted by Crippen LogP contribution is -2.40. The van der Waals surface area contributed by atoms with Crippen molar-refractivity contribution in [3.63, 3.8) is 0 Å². The minimum Gasteiger partial charge on any atom is -0.593 e. The minimum absolute atomic E-state index is 0.125. The van der Waals surface area contributed by atoms with Gasteiger partial charge >= 0.3 is 0 Å². The molecule has 1 aliphatic carbocycles. The van der Waals surface area contributed by atoms with Crippen molar-refractivity contribution in [2.45, 2.75) is 49.1 Å². The molecular weight excluding hydrogens is 722 g/mol. The molecule has 17 heteroatoms. The first kappa shape index (κ1) is 37.8. The predicted octanol–water partition coefficient (Wildman–Crippen LogP) is 3.99. The van der Waals surface area contributed by atoms with Crippen molar-refractivity contribution < 1.29 is 26.5 Å². The van der Waals surface area contributed by atoms with E-state index in [-0.39, 0.29) is 35.7 Å². The highest BCUT2D eigenvalue weighted by Crippen LogP contribution is 2.40. The lowest BCUT2D eigenvalue weighted by Gasteiger charge is -2.23. The first-order valence-electron chi connectivity index (χ1n) is 15.7. The molecule has 1 aliphatic rings. The lowest BCUT2D eigenvalue weighted by atomic mass is 9.93. The largest absolute Gasteiger partial charge is 0.593 e. The molecule has 1 fully saturated rings. The summed E-state index contributed by atoms with van der Waals surface area (Å²) in [5.74, 6) is 9.74. The Morgan fingerprint density at radius 2 is 1.88 bits per heavy atom. The number of carbonyl (C=O) groups excluding carboxylic acids is 1. The number of amides is 1. The molecule has 51 heavy (non-hydrogen) atoms. The number of hydrogen-bond acceptors (Lipinski definition) is 10. The number of anilines is 1. The van der Waals surface area contributed by atoms with E-state index in [0.29, 0.717) is 39.9 Å². The second-order valence-corrected chi connectivity index (χ2v) is 16.9. The molecule has 4 aromatic rings. The highest BCUT2D eigenvalue weighted by atomic mass is 35.5. The number of benzene rings is 2. The third kappa shape index (κ3) is 8.57. The van der Waals surface area contributed by atoms with Gasteiger partial charge in [-0.3, -0.25) is 9.48 Å². The number of rotatable bonds is 12. The number of nitrogens with one attached hydrogen (secondary N) is 2. The van der Waals surface area contributed by atoms with Crippen LogP contribution in [0.1, 0.15) is 49.7 Å². The van der Waals surface area contributed by atoms with E-state index in [1.54, 1.807) is 49.8 Å². The number of halogens is 3. The Hall–Kier alpha value is -4.40. The summed E-state index contributed by atoms with van der Waals surface area (Å²) < 4.78 is 70.2. The van der Waals surface area contributed by atoms with Gasteiger partial charge in [0.1, 0.15) is 34.9 Å². The Bertz CT molecular complexity index is 2160. The zero-order valence-corrected chi connectivity index (χ0v) is 30.6. The van der Waals surface area contributed by atoms with Crippen LogP contribution in [0.3, 0.4) is 0 Å². The Morgan fingerprint density at radius 1 is 1.22 bits per heavy atom. The monoisotopic (exact) mass is 758 g/mol. The van der Waals surface area contributed by atoms with Gasteiger partial charge in [-0.1, -0.05) is 23.6 Å². The van der Waals surface area contributed by atoms with E-state index in [1.807, 2.05) is 0 Å². The molecule has 0 radical (unpaired) electrons. The quantitative estimate of drug-likeness (QED) is 0.0713. The van der Waals surface area contributed by atoms with Crippen LogP contribution in [0.2, 0.25) is 5.02 Å². The predicted molar refractivity (Wildman–Crippen MR) is 195 cm³/mol. The molecule has 0 spiro atoms. The van der Waals surface area contributed by atoms with Gasteiger partial charge in [-0.15, -0.1) is 0 Å². The van der Waals surface area contributed by atoms with E-state index in [0.717, 1.165) is 29.4 Å². The molecule has 1 amide bonds. The second-order valence-electron chi connectivity index (χ2n) is 12.6. The number of hydrogen-bond donors (Lipinski definition) is 4. The van der Waals surface area contributed by atoms with Crippen LogP contribution in [0.4, 0.5) is 14.6 Å². The molecule has 6 N–H and O–H groups in total. The van der Waals surface area contributed by atoms with E-state index in [1.165, 1.54) is 12.5 Å². The van der Waals surface area contributed by atoms with Gasteiger partial charge in [-0.25, -0.2) is 28.0 Å². The number of carbonyl (C=O) groups is 1. The van der Waals surface area contributed by atoms with Crippen molar-refractivity contribution in [1.29, 1.82) is 0 Å². The van der Waals surface area contributed by atoms with Gasteiger partial charge in [0.05, 0.1) is 44.3 Å². The summed E-state index contributed by atoms with van der Waals surface area (Å²) in [6.45, 7) is 2.75. The van der Waals surface area contributed by atoms with Crippen LogP contribution in [0.15, 0.2) is 54.9 Å². The average molecular weight is 759 g/mol. The van der Waals surface area contributed by atoms with E-state index in [9.17, 15) is 26.5 Å². The van der Waals surface area contributed by atoms with Gasteiger partial charge in [-0.2, -0.15) is 9.82 Å². The first-order chi connectivity index (χ1) is 24.0. The molecule has 5 rings (SSSR count). The van der Waals surface area contributed by atoms with Gasteiger partial charge in [-0.05, 0) is 74.9 Å². The van der Waals surface area contributed by atoms with Gasteiger partial charge in [0.15, 0.2) is 9.84 Å². The second kappa shape index (κ2) is 15.1. The summed E-state index contributed by atoms with van der Waals surface area (Å²) in [7, 11) is -1.87. The number of aromatic nitrogens is 3. The normalized spacial score (nSPS) is 14.6. The number of aryl methyl sites for hydroxylation is 1. The number of hydrazine groups is 1. The molecular formula is C34H37ClF2N8O4S2. The topological polar surface area (TPSA) is 184 Å². The number of nitrogens with two attached hydrogens (primary N) is 2. The number of sulfone groups is 1. The smallest absolute Gasteiger partial charge is 0.241 e. The van der Waals surface area contributed by atoms with Crippen LogP contribution in [0.25, 0.3) is 22.0 Å². The van der Waals surface area contributed by atoms with Gasteiger partial charge in [0.25, 0.3) is 0 Å². The summed E-state index contributed by atoms with van der Waals surface area (Å²) in [6.07, 6.45) is 4.94. The molecule has 2 heterocycles. The maximum atomic E-state index is 14.4. The van der Waals surface area contributed by atoms with Crippen LogP contribution in [0.5, 0.6) is 0 Å². The van der Waals surface area contributed by atoms with Crippen LogP contribution >= 0.6 is 11.6 Å². The molecule has 1 saturated carbocycles. The number of fused-ring (bicyclic) bond motifs is 1. The van der Waals surface area contributed by atoms with Crippen LogP contribution in [-0.4, -0.2) is 61.4 Å². The molecule has 1 unspecified atom stereocenters. The third-order valence-electron chi connectivity index (χ3n) is 8.19. The van der Waals surface area contributed by atoms with Crippen LogP contribution in [-0.2, 0) is 39.5 Å². The molecule has 12 nitrogen and oxygen atoms in total. The Kier molecular flexibility index (Phi) is 11.2. The average Bonchev–Trinajstić information content (AvgIpc) is 3.84. The maximum absolute atomic E-state index is 14.4. The molecule has 2 atom stereocenters. The minimum atomic E-state index is -3.54. The summed E-state index contributed by atoms with van der Waals surface area (Å²) >= 11 is 5.16. The number of pyridine rings is 1. The van der Waals surface area contributed by atoms with Gasteiger partial charge in [0.2, 0.25) is 11.7 Å². The zero-order chi connectivity index (χ0) is 37.2. The Labute approximate surface area is 302 Å². The fourth-order valence-electron chi connectivity index (χ4n) is 5.67. The molecule has 270 valence electrons. The van der Waals surface area contributed by atoms with Crippen molar-refractivity contribution in [2.75, 3.05) is 17.5 Å². The molecule has 0 saturated heterocycles. The van der Waals surface area contributed by atoms with Crippen molar-refractivity contribution in [2.24, 2.45) is 18.6 Å². The number of nitrogens with zero attached hydrogens (tertiary/aromatic N) is 4. The van der Waals surface area contributed by atoms with E-state index in [2.05, 4.69) is 27.0 Å². The zero-order valence-electron chi connectivity index (χ0n) is 28.2. The lowest BCUT2D eigenvalue weighted by molar-refractivity contribution is -0.122. The molecule has 2 aromatic heterocycles. The molecule has 2 aromatic carbocycles. The Morgan fingerprint density at radius 3 is 2.51 bits per heavy atom. The van der Waals surface area contributed by atoms with E-state index in [4.69, 9.17) is 28.2 Å². The molecule has 0 aliphatic heterocycles. The maximum Gasteiger partial charge on any atom is 0.241 e. The van der Waals surface area contributed by atoms with Crippen molar-refractivity contribution in [1.82, 2.24) is 25.1 Å². The summed E-state index contributed by atoms with van der Waals surface area (Å²) in [4.78, 5) is 18.2. The highest BCUT2D eigenvalue weighted by Gasteiger charge is 2.45. The summed E-state index contributed by atoms with van der Waals surface area (Å²) in [6, 6.07) is 8.67. The third-order valence-corrected chi connectivity index (χ3v) is 11.9. The molecule has 0 bridgehead atoms. The first-order valence-corrected chi connectivity index (χ1v) is 19.2. The van der Waals surface area contributed by atoms with Gasteiger partial charge < -0.3 is 20.6 Å².